The summed E-state index contributed by atoms with van der Waals surface area (Å²) in [6.45, 7) is 9.01. The molecule has 1 saturated heterocycles. The maximum absolute atomic E-state index is 12.8. The van der Waals surface area contributed by atoms with Crippen LogP contribution < -0.4 is 11.1 Å². The number of hydrogen-bond donors (Lipinski definition) is 0. The number of piperazine rings is 1. The summed E-state index contributed by atoms with van der Waals surface area (Å²) >= 11 is 0. The minimum Gasteiger partial charge on any atom is -0.336 e. The Hall–Kier alpha value is -3.19. The number of para-hydroxylation sites is 2. The second-order valence-electron chi connectivity index (χ2n) is 7.85. The van der Waals surface area contributed by atoms with E-state index in [9.17, 15) is 14.4 Å². The average Bonchev–Trinajstić information content (AvgIpc) is 2.82. The van der Waals surface area contributed by atoms with Crippen LogP contribution in [0.5, 0.6) is 0 Å². The first kappa shape index (κ1) is 21.1. The van der Waals surface area contributed by atoms with E-state index >= 15 is 0 Å². The van der Waals surface area contributed by atoms with Crippen molar-refractivity contribution in [2.24, 2.45) is 0 Å². The van der Waals surface area contributed by atoms with Gasteiger partial charge in [-0.25, -0.2) is 0 Å². The lowest BCUT2D eigenvalue weighted by atomic mass is 10.1. The molecule has 0 radical (unpaired) electrons. The Bertz CT molecular complexity index is 1200. The fraction of sp³-hybridized carbons (Fsp3) is 0.375. The number of benzene rings is 2. The Kier molecular flexibility index (Phi) is 6.04. The van der Waals surface area contributed by atoms with Gasteiger partial charge in [-0.2, -0.15) is 0 Å². The van der Waals surface area contributed by atoms with Crippen LogP contribution in [-0.4, -0.2) is 57.6 Å². The Morgan fingerprint density at radius 2 is 1.35 bits per heavy atom. The van der Waals surface area contributed by atoms with Crippen LogP contribution in [0.4, 0.5) is 0 Å². The first-order valence-electron chi connectivity index (χ1n) is 10.9. The number of carbonyl (C=O) groups excluding carboxylic acids is 1. The monoisotopic (exact) mass is 420 g/mol. The second-order valence-corrected chi connectivity index (χ2v) is 7.85. The van der Waals surface area contributed by atoms with Crippen molar-refractivity contribution in [1.82, 2.24) is 18.9 Å². The molecular formula is C24H28N4O3. The SMILES string of the molecule is CCN1CCN(C(=O)c2ccc(Cn3c(=O)c(=O)n(CC)c4ccccc43)cc2)CC1. The third-order valence-electron chi connectivity index (χ3n) is 6.10. The minimum atomic E-state index is -0.533. The van der Waals surface area contributed by atoms with Crippen LogP contribution >= 0.6 is 0 Å². The number of aryl methyl sites for hydroxylation is 1. The predicted octanol–water partition coefficient (Wildman–Crippen LogP) is 2.01. The number of hydrogen-bond acceptors (Lipinski definition) is 4. The molecule has 4 rings (SSSR count). The summed E-state index contributed by atoms with van der Waals surface area (Å²) in [4.78, 5) is 42.4. The zero-order chi connectivity index (χ0) is 22.0. The van der Waals surface area contributed by atoms with E-state index in [-0.39, 0.29) is 12.5 Å². The zero-order valence-electron chi connectivity index (χ0n) is 18.1. The number of fused-ring (bicyclic) bond motifs is 1. The number of nitrogens with zero attached hydrogens (tertiary/aromatic N) is 4. The number of rotatable bonds is 5. The third kappa shape index (κ3) is 4.05. The summed E-state index contributed by atoms with van der Waals surface area (Å²) in [5, 5.41) is 0. The summed E-state index contributed by atoms with van der Waals surface area (Å²) in [5.41, 5.74) is 1.93. The normalized spacial score (nSPS) is 14.8. The first-order valence-corrected chi connectivity index (χ1v) is 10.9. The number of aromatic nitrogens is 2. The maximum atomic E-state index is 12.8. The van der Waals surface area contributed by atoms with E-state index in [4.69, 9.17) is 0 Å². The molecule has 0 N–H and O–H groups in total. The van der Waals surface area contributed by atoms with Gasteiger partial charge in [0.05, 0.1) is 17.6 Å². The predicted molar refractivity (Wildman–Crippen MR) is 122 cm³/mol. The molecule has 0 atom stereocenters. The highest BCUT2D eigenvalue weighted by Gasteiger charge is 2.21. The zero-order valence-corrected chi connectivity index (χ0v) is 18.1. The molecule has 31 heavy (non-hydrogen) atoms. The second kappa shape index (κ2) is 8.89. The van der Waals surface area contributed by atoms with E-state index in [0.29, 0.717) is 12.1 Å². The van der Waals surface area contributed by atoms with Gasteiger partial charge in [0.25, 0.3) is 5.91 Å². The van der Waals surface area contributed by atoms with Crippen molar-refractivity contribution >= 4 is 16.9 Å². The van der Waals surface area contributed by atoms with Gasteiger partial charge in [0.1, 0.15) is 0 Å². The number of likely N-dealkylation sites (N-methyl/N-ethyl adjacent to an activating group) is 1. The van der Waals surface area contributed by atoms with Gasteiger partial charge in [-0.3, -0.25) is 19.0 Å². The van der Waals surface area contributed by atoms with E-state index in [0.717, 1.165) is 49.3 Å². The molecular weight excluding hydrogens is 392 g/mol. The highest BCUT2D eigenvalue weighted by Crippen LogP contribution is 2.14. The van der Waals surface area contributed by atoms with Crippen molar-refractivity contribution in [3.63, 3.8) is 0 Å². The molecule has 0 bridgehead atoms. The Balaban J connectivity index is 1.58. The van der Waals surface area contributed by atoms with Gasteiger partial charge in [-0.1, -0.05) is 31.2 Å². The van der Waals surface area contributed by atoms with Crippen molar-refractivity contribution in [3.8, 4) is 0 Å². The van der Waals surface area contributed by atoms with Crippen LogP contribution in [0.1, 0.15) is 29.8 Å². The molecule has 1 amide bonds. The molecule has 1 fully saturated rings. The largest absolute Gasteiger partial charge is 0.336 e. The van der Waals surface area contributed by atoms with E-state index in [1.807, 2.05) is 60.4 Å². The Morgan fingerprint density at radius 3 is 1.94 bits per heavy atom. The van der Waals surface area contributed by atoms with Crippen molar-refractivity contribution < 1.29 is 4.79 Å². The van der Waals surface area contributed by atoms with Crippen molar-refractivity contribution in [1.29, 1.82) is 0 Å². The van der Waals surface area contributed by atoms with Crippen LogP contribution in [0.15, 0.2) is 58.1 Å². The lowest BCUT2D eigenvalue weighted by molar-refractivity contribution is 0.0643. The van der Waals surface area contributed by atoms with E-state index < -0.39 is 11.1 Å². The summed E-state index contributed by atoms with van der Waals surface area (Å²) < 4.78 is 3.03. The third-order valence-corrected chi connectivity index (χ3v) is 6.10. The summed E-state index contributed by atoms with van der Waals surface area (Å²) in [7, 11) is 0. The van der Waals surface area contributed by atoms with Gasteiger partial charge >= 0.3 is 11.1 Å². The van der Waals surface area contributed by atoms with Crippen LogP contribution in [0, 0.1) is 0 Å². The van der Waals surface area contributed by atoms with Crippen LogP contribution in [0.3, 0.4) is 0 Å². The van der Waals surface area contributed by atoms with Gasteiger partial charge < -0.3 is 14.4 Å². The molecule has 7 heteroatoms. The van der Waals surface area contributed by atoms with Crippen LogP contribution in [0.2, 0.25) is 0 Å². The van der Waals surface area contributed by atoms with Gasteiger partial charge in [0.2, 0.25) is 0 Å². The molecule has 1 aliphatic heterocycles. The molecule has 7 nitrogen and oxygen atoms in total. The van der Waals surface area contributed by atoms with Crippen molar-refractivity contribution in [2.45, 2.75) is 26.9 Å². The van der Waals surface area contributed by atoms with Crippen molar-refractivity contribution in [3.05, 3.63) is 80.4 Å². The molecule has 0 saturated carbocycles. The first-order chi connectivity index (χ1) is 15.0. The van der Waals surface area contributed by atoms with Gasteiger partial charge in [-0.15, -0.1) is 0 Å². The lowest BCUT2D eigenvalue weighted by Gasteiger charge is -2.34. The molecule has 0 aliphatic carbocycles. The fourth-order valence-electron chi connectivity index (χ4n) is 4.23. The van der Waals surface area contributed by atoms with Gasteiger partial charge in [-0.05, 0) is 43.3 Å². The summed E-state index contributed by atoms with van der Waals surface area (Å²) in [6.07, 6.45) is 0. The van der Waals surface area contributed by atoms with Gasteiger partial charge in [0, 0.05) is 38.3 Å². The Labute approximate surface area is 181 Å². The van der Waals surface area contributed by atoms with E-state index in [1.54, 1.807) is 0 Å². The van der Waals surface area contributed by atoms with Crippen molar-refractivity contribution in [2.75, 3.05) is 32.7 Å². The standard InChI is InChI=1S/C24H28N4O3/c1-3-25-13-15-26(16-14-25)22(29)19-11-9-18(10-12-19)17-28-21-8-6-5-7-20(21)27(4-2)23(30)24(28)31/h5-12H,3-4,13-17H2,1-2H3. The molecule has 3 aromatic rings. The van der Waals surface area contributed by atoms with Gasteiger partial charge in [0.15, 0.2) is 0 Å². The number of carbonyl (C=O) groups is 1. The minimum absolute atomic E-state index is 0.0375. The van der Waals surface area contributed by atoms with Crippen LogP contribution in [0.25, 0.3) is 11.0 Å². The topological polar surface area (TPSA) is 67.5 Å². The highest BCUT2D eigenvalue weighted by atomic mass is 16.2. The fourth-order valence-corrected chi connectivity index (χ4v) is 4.23. The quantitative estimate of drug-likeness (QED) is 0.592. The highest BCUT2D eigenvalue weighted by molar-refractivity contribution is 5.94. The average molecular weight is 421 g/mol. The molecule has 0 spiro atoms. The maximum Gasteiger partial charge on any atom is 0.317 e. The molecule has 162 valence electrons. The Morgan fingerprint density at radius 1 is 0.774 bits per heavy atom. The molecule has 2 aromatic carbocycles. The van der Waals surface area contributed by atoms with Crippen LogP contribution in [-0.2, 0) is 13.1 Å². The summed E-state index contributed by atoms with van der Waals surface area (Å²) in [5.74, 6) is 0.0375. The molecule has 1 aromatic heterocycles. The van der Waals surface area contributed by atoms with E-state index in [1.165, 1.54) is 9.13 Å². The molecule has 0 unspecified atom stereocenters. The molecule has 2 heterocycles. The summed E-state index contributed by atoms with van der Waals surface area (Å²) in [6, 6.07) is 14.8. The molecule has 1 aliphatic rings. The lowest BCUT2D eigenvalue weighted by Crippen LogP contribution is -2.48. The smallest absolute Gasteiger partial charge is 0.317 e. The van der Waals surface area contributed by atoms with E-state index in [2.05, 4.69) is 11.8 Å². The number of amides is 1.